The van der Waals surface area contributed by atoms with E-state index in [1.165, 1.54) is 19.3 Å². The predicted octanol–water partition coefficient (Wildman–Crippen LogP) is -0.698. The van der Waals surface area contributed by atoms with E-state index in [0.29, 0.717) is 17.5 Å². The number of carboxylic acids is 1. The number of hydrogen-bond donors (Lipinski definition) is 2. The number of aliphatic carboxylic acids is 1. The van der Waals surface area contributed by atoms with Gasteiger partial charge in [-0.3, -0.25) is 20.2 Å². The number of allylic oxidation sites excluding steroid dienone is 1. The highest BCUT2D eigenvalue weighted by atomic mass is 16.5. The first-order valence-electron chi connectivity index (χ1n) is 7.38. The third kappa shape index (κ3) is 4.26. The molecule has 136 valence electrons. The van der Waals surface area contributed by atoms with Crippen LogP contribution in [0.4, 0.5) is 4.79 Å². The van der Waals surface area contributed by atoms with Gasteiger partial charge in [-0.2, -0.15) is 0 Å². The van der Waals surface area contributed by atoms with Crippen LogP contribution in [0, 0.1) is 0 Å². The molecule has 1 saturated heterocycles. The highest BCUT2D eigenvalue weighted by molar-refractivity contribution is 6.31. The Morgan fingerprint density at radius 2 is 1.88 bits per heavy atom. The predicted molar refractivity (Wildman–Crippen MR) is 87.1 cm³/mol. The highest BCUT2D eigenvalue weighted by Gasteiger charge is 2.27. The lowest BCUT2D eigenvalue weighted by Crippen LogP contribution is -2.51. The highest BCUT2D eigenvalue weighted by Crippen LogP contribution is 2.34. The number of rotatable bonds is 7. The summed E-state index contributed by atoms with van der Waals surface area (Å²) in [6, 6.07) is 2.15. The molecule has 2 rings (SSSR count). The number of nitrogens with one attached hydrogen (secondary N) is 2. The van der Waals surface area contributed by atoms with Gasteiger partial charge in [-0.15, -0.1) is 6.58 Å². The Kier molecular flexibility index (Phi) is 5.74. The quantitative estimate of drug-likeness (QED) is 0.373. The van der Waals surface area contributed by atoms with E-state index in [2.05, 4.69) is 6.58 Å². The fourth-order valence-electron chi connectivity index (χ4n) is 2.29. The molecule has 1 aromatic rings. The zero-order valence-corrected chi connectivity index (χ0v) is 13.8. The molecule has 0 aliphatic carbocycles. The summed E-state index contributed by atoms with van der Waals surface area (Å²) < 4.78 is 10.4. The van der Waals surface area contributed by atoms with Crippen LogP contribution in [-0.2, 0) is 20.8 Å². The number of carbonyl (C=O) groups is 4. The van der Waals surface area contributed by atoms with Crippen LogP contribution in [0.25, 0.3) is 6.08 Å². The average molecular weight is 359 g/mol. The van der Waals surface area contributed by atoms with Gasteiger partial charge in [-0.1, -0.05) is 6.08 Å². The summed E-state index contributed by atoms with van der Waals surface area (Å²) in [5.41, 5.74) is 0.675. The molecule has 0 spiro atoms. The zero-order valence-electron chi connectivity index (χ0n) is 13.8. The number of hydrogen-bond acceptors (Lipinski definition) is 7. The summed E-state index contributed by atoms with van der Waals surface area (Å²) in [6.07, 6.45) is 3.15. The van der Waals surface area contributed by atoms with Crippen LogP contribution in [0.2, 0.25) is 0 Å². The van der Waals surface area contributed by atoms with Crippen LogP contribution < -0.4 is 25.2 Å². The summed E-state index contributed by atoms with van der Waals surface area (Å²) in [6.45, 7) is 2.95. The monoisotopic (exact) mass is 359 g/mol. The summed E-state index contributed by atoms with van der Waals surface area (Å²) >= 11 is 0. The van der Waals surface area contributed by atoms with Crippen molar-refractivity contribution < 1.29 is 33.8 Å². The van der Waals surface area contributed by atoms with Crippen molar-refractivity contribution in [2.45, 2.75) is 6.42 Å². The maximum atomic E-state index is 11.8. The number of imide groups is 2. The van der Waals surface area contributed by atoms with Gasteiger partial charge in [0.25, 0.3) is 11.8 Å². The lowest BCUT2D eigenvalue weighted by molar-refractivity contribution is -0.307. The molecule has 26 heavy (non-hydrogen) atoms. The van der Waals surface area contributed by atoms with Gasteiger partial charge in [0.05, 0.1) is 13.1 Å². The van der Waals surface area contributed by atoms with Gasteiger partial charge >= 0.3 is 6.03 Å². The van der Waals surface area contributed by atoms with Gasteiger partial charge < -0.3 is 19.4 Å². The van der Waals surface area contributed by atoms with E-state index < -0.39 is 30.4 Å². The number of methoxy groups -OCH3 is 1. The Hall–Kier alpha value is -3.62. The van der Waals surface area contributed by atoms with E-state index >= 15 is 0 Å². The minimum atomic E-state index is -1.40. The molecule has 2 N–H and O–H groups in total. The van der Waals surface area contributed by atoms with E-state index in [4.69, 9.17) is 9.47 Å². The first-order valence-corrected chi connectivity index (χ1v) is 7.38. The second-order valence-corrected chi connectivity index (χ2v) is 5.16. The summed E-state index contributed by atoms with van der Waals surface area (Å²) in [5, 5.41) is 14.6. The Balaban J connectivity index is 2.48. The van der Waals surface area contributed by atoms with Gasteiger partial charge in [-0.25, -0.2) is 4.79 Å². The van der Waals surface area contributed by atoms with E-state index in [-0.39, 0.29) is 17.1 Å². The molecular weight excluding hydrogens is 344 g/mol. The zero-order chi connectivity index (χ0) is 19.3. The molecule has 9 nitrogen and oxygen atoms in total. The van der Waals surface area contributed by atoms with Crippen molar-refractivity contribution in [1.29, 1.82) is 0 Å². The lowest BCUT2D eigenvalue weighted by Gasteiger charge is -2.17. The van der Waals surface area contributed by atoms with Crippen molar-refractivity contribution in [3.63, 3.8) is 0 Å². The first kappa shape index (κ1) is 18.7. The molecule has 1 aliphatic heterocycles. The number of amides is 4. The fraction of sp³-hybridized carbons (Fsp3) is 0.176. The molecule has 1 heterocycles. The molecule has 0 aromatic heterocycles. The van der Waals surface area contributed by atoms with E-state index in [0.717, 1.165) is 0 Å². The topological polar surface area (TPSA) is 134 Å². The third-order valence-electron chi connectivity index (χ3n) is 3.33. The number of benzene rings is 1. The van der Waals surface area contributed by atoms with E-state index in [1.807, 2.05) is 10.6 Å². The van der Waals surface area contributed by atoms with Crippen molar-refractivity contribution in [2.75, 3.05) is 13.7 Å². The summed E-state index contributed by atoms with van der Waals surface area (Å²) in [7, 11) is 1.36. The smallest absolute Gasteiger partial charge is 0.328 e. The van der Waals surface area contributed by atoms with Crippen LogP contribution in [0.5, 0.6) is 11.5 Å². The molecular formula is C17H15N2O7-. The molecule has 1 aliphatic rings. The normalized spacial score (nSPS) is 13.6. The minimum absolute atomic E-state index is 0.187. The van der Waals surface area contributed by atoms with Gasteiger partial charge in [0.15, 0.2) is 11.5 Å². The number of carbonyl (C=O) groups excluding carboxylic acids is 4. The molecule has 1 fully saturated rings. The first-order chi connectivity index (χ1) is 12.3. The Bertz CT molecular complexity index is 805. The van der Waals surface area contributed by atoms with Gasteiger partial charge in [-0.05, 0) is 30.2 Å². The van der Waals surface area contributed by atoms with Crippen LogP contribution in [0.3, 0.4) is 0 Å². The molecule has 4 amide bonds. The average Bonchev–Trinajstić information content (AvgIpc) is 2.56. The molecule has 9 heteroatoms. The van der Waals surface area contributed by atoms with Crippen molar-refractivity contribution >= 4 is 29.9 Å². The van der Waals surface area contributed by atoms with Crippen molar-refractivity contribution in [2.24, 2.45) is 0 Å². The number of urea groups is 1. The molecule has 0 atom stereocenters. The molecule has 1 aromatic carbocycles. The molecule has 0 unspecified atom stereocenters. The summed E-state index contributed by atoms with van der Waals surface area (Å²) in [5.74, 6) is -2.68. The lowest BCUT2D eigenvalue weighted by atomic mass is 10.0. The van der Waals surface area contributed by atoms with Gasteiger partial charge in [0.1, 0.15) is 12.2 Å². The Morgan fingerprint density at radius 1 is 1.23 bits per heavy atom. The van der Waals surface area contributed by atoms with Crippen LogP contribution >= 0.6 is 0 Å². The molecule has 0 saturated carbocycles. The van der Waals surface area contributed by atoms with Crippen LogP contribution in [0.15, 0.2) is 30.4 Å². The van der Waals surface area contributed by atoms with Crippen molar-refractivity contribution in [3.05, 3.63) is 41.5 Å². The van der Waals surface area contributed by atoms with E-state index in [9.17, 15) is 24.3 Å². The largest absolute Gasteiger partial charge is 0.546 e. The third-order valence-corrected chi connectivity index (χ3v) is 3.33. The summed E-state index contributed by atoms with van der Waals surface area (Å²) in [4.78, 5) is 45.4. The Morgan fingerprint density at radius 3 is 2.42 bits per heavy atom. The Labute approximate surface area is 148 Å². The fourth-order valence-corrected chi connectivity index (χ4v) is 2.29. The molecule has 0 radical (unpaired) electrons. The number of barbiturate groups is 1. The second kappa shape index (κ2) is 7.97. The standard InChI is InChI=1S/C17H16N2O7/c1-3-4-10-5-9(6-11-15(22)18-17(24)19-16(11)23)7-12(25-2)14(10)26-8-13(20)21/h3,5-7H,1,4,8H2,2H3,(H,20,21)(H2,18,19,22,23,24)/p-1. The number of carboxylic acid groups (broad SMARTS) is 1. The maximum Gasteiger partial charge on any atom is 0.328 e. The maximum absolute atomic E-state index is 11.8. The SMILES string of the molecule is C=CCc1cc(C=C2C(=O)NC(=O)NC2=O)cc(OC)c1OCC(=O)[O-]. The van der Waals surface area contributed by atoms with Gasteiger partial charge in [0.2, 0.25) is 0 Å². The van der Waals surface area contributed by atoms with E-state index in [1.54, 1.807) is 12.1 Å². The van der Waals surface area contributed by atoms with Gasteiger partial charge in [0, 0.05) is 5.56 Å². The number of ether oxygens (including phenoxy) is 2. The van der Waals surface area contributed by atoms with Crippen molar-refractivity contribution in [3.8, 4) is 11.5 Å². The minimum Gasteiger partial charge on any atom is -0.546 e. The van der Waals surface area contributed by atoms with Crippen LogP contribution in [0.1, 0.15) is 11.1 Å². The van der Waals surface area contributed by atoms with Crippen molar-refractivity contribution in [1.82, 2.24) is 10.6 Å². The van der Waals surface area contributed by atoms with Crippen LogP contribution in [-0.4, -0.2) is 37.5 Å². The second-order valence-electron chi connectivity index (χ2n) is 5.16. The molecule has 0 bridgehead atoms.